The van der Waals surface area contributed by atoms with Gasteiger partial charge in [0.25, 0.3) is 0 Å². The second kappa shape index (κ2) is 17.4. The van der Waals surface area contributed by atoms with Crippen LogP contribution in [0.15, 0.2) is 91.0 Å². The number of carbonyl (C=O) groups excluding carboxylic acids is 3. The first-order valence-electron chi connectivity index (χ1n) is 17.3. The van der Waals surface area contributed by atoms with Crippen molar-refractivity contribution >= 4 is 26.0 Å². The van der Waals surface area contributed by atoms with Crippen LogP contribution in [0.4, 0.5) is 0 Å². The van der Waals surface area contributed by atoms with Crippen LogP contribution in [0.5, 0.6) is 0 Å². The minimum absolute atomic E-state index is 0.0970. The van der Waals surface area contributed by atoms with E-state index in [1.807, 2.05) is 0 Å². The molecule has 0 aromatic heterocycles. The molecular formula is C38H46O14Si. The highest BCUT2D eigenvalue weighted by Crippen LogP contribution is 2.43. The van der Waals surface area contributed by atoms with Crippen LogP contribution in [0.3, 0.4) is 0 Å². The molecule has 2 heterocycles. The van der Waals surface area contributed by atoms with Gasteiger partial charge in [0.15, 0.2) is 18.7 Å². The van der Waals surface area contributed by atoms with Crippen molar-refractivity contribution in [2.75, 3.05) is 13.2 Å². The van der Waals surface area contributed by atoms with E-state index >= 15 is 0 Å². The molecule has 2 aliphatic heterocycles. The second-order valence-corrected chi connectivity index (χ2v) is 19.9. The number of rotatable bonds is 13. The minimum Gasteiger partial charge on any atom is -0.459 e. The quantitative estimate of drug-likeness (QED) is 0.0965. The molecule has 0 unspecified atom stereocenters. The summed E-state index contributed by atoms with van der Waals surface area (Å²) in [4.78, 5) is 40.9. The van der Waals surface area contributed by atoms with Crippen molar-refractivity contribution in [1.29, 1.82) is 0 Å². The van der Waals surface area contributed by atoms with E-state index in [9.17, 15) is 39.9 Å². The molecule has 286 valence electrons. The Kier molecular flexibility index (Phi) is 13.2. The van der Waals surface area contributed by atoms with Gasteiger partial charge in [-0.3, -0.25) is 0 Å². The number of ether oxygens (including phenoxy) is 6. The molecule has 3 aromatic rings. The lowest BCUT2D eigenvalue weighted by atomic mass is 9.83. The van der Waals surface area contributed by atoms with E-state index in [1.165, 1.54) is 36.4 Å². The molecule has 0 bridgehead atoms. The van der Waals surface area contributed by atoms with E-state index in [0.29, 0.717) is 6.04 Å². The maximum absolute atomic E-state index is 13.9. The molecule has 15 heteroatoms. The molecule has 5 rings (SSSR count). The van der Waals surface area contributed by atoms with Crippen molar-refractivity contribution in [3.05, 3.63) is 108 Å². The molecular weight excluding hydrogens is 708 g/mol. The molecule has 3 aromatic carbocycles. The van der Waals surface area contributed by atoms with Gasteiger partial charge in [-0.15, -0.1) is 0 Å². The van der Waals surface area contributed by atoms with Gasteiger partial charge in [0.05, 0.1) is 23.3 Å². The molecule has 2 aliphatic rings. The third kappa shape index (κ3) is 9.56. The number of hydrogen-bond acceptors (Lipinski definition) is 14. The fourth-order valence-electron chi connectivity index (χ4n) is 6.14. The number of hydrogen-bond donors (Lipinski definition) is 5. The first-order chi connectivity index (χ1) is 25.2. The van der Waals surface area contributed by atoms with Gasteiger partial charge in [-0.25, -0.2) is 14.4 Å². The summed E-state index contributed by atoms with van der Waals surface area (Å²) in [6.07, 6.45) is -15.6. The van der Waals surface area contributed by atoms with Crippen LogP contribution >= 0.6 is 0 Å². The van der Waals surface area contributed by atoms with Crippen LogP contribution < -0.4 is 0 Å². The topological polar surface area (TPSA) is 208 Å². The summed E-state index contributed by atoms with van der Waals surface area (Å²) >= 11 is 0. The highest BCUT2D eigenvalue weighted by Gasteiger charge is 2.63. The van der Waals surface area contributed by atoms with Crippen LogP contribution in [0, 0.1) is 0 Å². The summed E-state index contributed by atoms with van der Waals surface area (Å²) in [5.74, 6) is -2.55. The van der Waals surface area contributed by atoms with E-state index in [-0.39, 0.29) is 23.1 Å². The zero-order valence-electron chi connectivity index (χ0n) is 29.6. The SMILES string of the molecule is C[Si](C)(C)CC[C@]1(OC(=O)c2ccccc2)[C@H](O)O[C@H](COC(=O)c2ccccc2)[C@H](O[C@H]2O[C@H](CO)[C@H](O)[C@H](O)[C@H]2O)[C@@H]1OC(=O)c1ccccc1. The smallest absolute Gasteiger partial charge is 0.339 e. The molecule has 5 N–H and O–H groups in total. The minimum atomic E-state index is -2.17. The van der Waals surface area contributed by atoms with Gasteiger partial charge in [0, 0.05) is 8.07 Å². The Morgan fingerprint density at radius 2 is 1.23 bits per heavy atom. The van der Waals surface area contributed by atoms with Crippen molar-refractivity contribution in [3.8, 4) is 0 Å². The largest absolute Gasteiger partial charge is 0.459 e. The Bertz CT molecular complexity index is 1650. The normalized spacial score (nSPS) is 30.2. The van der Waals surface area contributed by atoms with E-state index in [4.69, 9.17) is 28.4 Å². The van der Waals surface area contributed by atoms with E-state index in [2.05, 4.69) is 19.6 Å². The third-order valence-electron chi connectivity index (χ3n) is 9.20. The van der Waals surface area contributed by atoms with Crippen LogP contribution in [0.1, 0.15) is 37.5 Å². The Morgan fingerprint density at radius 3 is 1.75 bits per heavy atom. The Labute approximate surface area is 307 Å². The average molecular weight is 755 g/mol. The molecule has 53 heavy (non-hydrogen) atoms. The van der Waals surface area contributed by atoms with Crippen LogP contribution in [0.2, 0.25) is 25.7 Å². The predicted molar refractivity (Wildman–Crippen MR) is 189 cm³/mol. The molecule has 10 atom stereocenters. The summed E-state index contributed by atoms with van der Waals surface area (Å²) < 4.78 is 36.0. The highest BCUT2D eigenvalue weighted by molar-refractivity contribution is 6.76. The van der Waals surface area contributed by atoms with E-state index in [1.54, 1.807) is 54.6 Å². The summed E-state index contributed by atoms with van der Waals surface area (Å²) in [5.41, 5.74) is -1.76. The molecule has 14 nitrogen and oxygen atoms in total. The standard InChI is InChI=1S/C38H46O14Si/c1-53(2,3)20-19-38(52-35(45)25-17-11-6-12-18-25)32(51-34(44)24-15-9-5-10-16-24)31(50-36-30(42)29(41)28(40)26(21-39)48-36)27(49-37(38)46)22-47-33(43)23-13-7-4-8-14-23/h4-18,26-32,36-37,39-42,46H,19-22H2,1-3H3/t26-,27-,28+,29+,30-,31+,32+,36-,37-,38-/m1/s1. The van der Waals surface area contributed by atoms with Crippen molar-refractivity contribution < 1.29 is 68.3 Å². The first-order valence-corrected chi connectivity index (χ1v) is 21.0. The Morgan fingerprint density at radius 1 is 0.698 bits per heavy atom. The van der Waals surface area contributed by atoms with Gasteiger partial charge >= 0.3 is 17.9 Å². The second-order valence-electron chi connectivity index (χ2n) is 14.3. The summed E-state index contributed by atoms with van der Waals surface area (Å²) in [5, 5.41) is 54.0. The van der Waals surface area contributed by atoms with E-state index in [0.717, 1.165) is 0 Å². The fraction of sp³-hybridized carbons (Fsp3) is 0.447. The van der Waals surface area contributed by atoms with Gasteiger partial charge in [0.2, 0.25) is 5.60 Å². The van der Waals surface area contributed by atoms with E-state index < -0.39 is 100 Å². The zero-order chi connectivity index (χ0) is 38.3. The number of aliphatic hydroxyl groups is 5. The molecule has 0 spiro atoms. The molecule has 2 fully saturated rings. The maximum Gasteiger partial charge on any atom is 0.339 e. The summed E-state index contributed by atoms with van der Waals surface area (Å²) in [6, 6.07) is 24.3. The number of esters is 3. The fourth-order valence-corrected chi connectivity index (χ4v) is 7.28. The predicted octanol–water partition coefficient (Wildman–Crippen LogP) is 2.30. The average Bonchev–Trinajstić information content (AvgIpc) is 3.16. The van der Waals surface area contributed by atoms with Gasteiger partial charge in [-0.05, 0) is 42.8 Å². The lowest BCUT2D eigenvalue weighted by Crippen LogP contribution is -2.71. The third-order valence-corrected chi connectivity index (χ3v) is 10.9. The van der Waals surface area contributed by atoms with Gasteiger partial charge < -0.3 is 54.0 Å². The van der Waals surface area contributed by atoms with Gasteiger partial charge in [-0.1, -0.05) is 80.3 Å². The Hall–Kier alpha value is -4.03. The van der Waals surface area contributed by atoms with Crippen molar-refractivity contribution in [3.63, 3.8) is 0 Å². The lowest BCUT2D eigenvalue weighted by Gasteiger charge is -2.52. The van der Waals surface area contributed by atoms with Crippen molar-refractivity contribution in [2.45, 2.75) is 93.0 Å². The van der Waals surface area contributed by atoms with Crippen LogP contribution in [-0.4, -0.2) is 126 Å². The molecule has 0 saturated carbocycles. The van der Waals surface area contributed by atoms with Crippen LogP contribution in [0.25, 0.3) is 0 Å². The molecule has 0 amide bonds. The molecule has 2 saturated heterocycles. The van der Waals surface area contributed by atoms with Crippen molar-refractivity contribution in [1.82, 2.24) is 0 Å². The van der Waals surface area contributed by atoms with Crippen molar-refractivity contribution in [2.24, 2.45) is 0 Å². The summed E-state index contributed by atoms with van der Waals surface area (Å²) in [7, 11) is -2.03. The molecule has 0 aliphatic carbocycles. The van der Waals surface area contributed by atoms with Gasteiger partial charge in [-0.2, -0.15) is 0 Å². The summed E-state index contributed by atoms with van der Waals surface area (Å²) in [6.45, 7) is 4.77. The number of benzene rings is 3. The zero-order valence-corrected chi connectivity index (χ0v) is 30.6. The lowest BCUT2D eigenvalue weighted by molar-refractivity contribution is -0.372. The number of aliphatic hydroxyl groups excluding tert-OH is 5. The van der Waals surface area contributed by atoms with Crippen LogP contribution in [-0.2, 0) is 28.4 Å². The molecule has 0 radical (unpaired) electrons. The van der Waals surface area contributed by atoms with Gasteiger partial charge in [0.1, 0.15) is 43.2 Å². The maximum atomic E-state index is 13.9. The first kappa shape index (κ1) is 40.2. The highest BCUT2D eigenvalue weighted by atomic mass is 28.3. The Balaban J connectivity index is 1.63. The number of carbonyl (C=O) groups is 3. The monoisotopic (exact) mass is 754 g/mol.